The molecular weight excluding hydrogens is 292 g/mol. The molecule has 1 N–H and O–H groups in total. The molecule has 2 rings (SSSR count). The van der Waals surface area contributed by atoms with E-state index in [1.807, 2.05) is 38.1 Å². The molecule has 0 atom stereocenters. The average molecular weight is 305 g/mol. The zero-order valence-corrected chi connectivity index (χ0v) is 11.8. The van der Waals surface area contributed by atoms with Gasteiger partial charge in [-0.25, -0.2) is 4.98 Å². The highest BCUT2D eigenvalue weighted by Gasteiger charge is 2.12. The van der Waals surface area contributed by atoms with Crippen molar-refractivity contribution in [3.63, 3.8) is 0 Å². The van der Waals surface area contributed by atoms with Crippen molar-refractivity contribution in [2.24, 2.45) is 0 Å². The van der Waals surface area contributed by atoms with Crippen LogP contribution in [0.5, 0.6) is 0 Å². The predicted octanol–water partition coefficient (Wildman–Crippen LogP) is 3.71. The van der Waals surface area contributed by atoms with Crippen molar-refractivity contribution in [3.05, 3.63) is 57.7 Å². The molecule has 92 valence electrons. The molecule has 2 aromatic rings. The highest BCUT2D eigenvalue weighted by molar-refractivity contribution is 9.10. The topological polar surface area (TPSA) is 42.0 Å². The summed E-state index contributed by atoms with van der Waals surface area (Å²) < 4.78 is 0.882. The van der Waals surface area contributed by atoms with Crippen molar-refractivity contribution in [1.29, 1.82) is 0 Å². The van der Waals surface area contributed by atoms with Gasteiger partial charge in [-0.05, 0) is 53.0 Å². The lowest BCUT2D eigenvalue weighted by Crippen LogP contribution is -2.15. The van der Waals surface area contributed by atoms with Gasteiger partial charge in [-0.2, -0.15) is 0 Å². The Morgan fingerprint density at radius 3 is 2.39 bits per heavy atom. The molecule has 0 aliphatic carbocycles. The summed E-state index contributed by atoms with van der Waals surface area (Å²) in [6, 6.07) is 9.40. The van der Waals surface area contributed by atoms with E-state index in [0.29, 0.717) is 11.4 Å². The first-order chi connectivity index (χ1) is 8.58. The van der Waals surface area contributed by atoms with Crippen LogP contribution >= 0.6 is 15.9 Å². The zero-order valence-electron chi connectivity index (χ0n) is 10.2. The molecule has 0 spiro atoms. The van der Waals surface area contributed by atoms with Crippen LogP contribution in [0.3, 0.4) is 0 Å². The monoisotopic (exact) mass is 304 g/mol. The molecule has 0 aliphatic rings. The lowest BCUT2D eigenvalue weighted by molar-refractivity contribution is 0.102. The van der Waals surface area contributed by atoms with Crippen molar-refractivity contribution >= 4 is 27.7 Å². The van der Waals surface area contributed by atoms with E-state index in [0.717, 1.165) is 15.6 Å². The number of amides is 1. The fraction of sp³-hybridized carbons (Fsp3) is 0.143. The van der Waals surface area contributed by atoms with E-state index in [1.165, 1.54) is 0 Å². The average Bonchev–Trinajstić information content (AvgIpc) is 2.32. The van der Waals surface area contributed by atoms with Crippen LogP contribution in [0.1, 0.15) is 21.5 Å². The van der Waals surface area contributed by atoms with Gasteiger partial charge in [-0.1, -0.05) is 18.2 Å². The largest absolute Gasteiger partial charge is 0.307 e. The van der Waals surface area contributed by atoms with Gasteiger partial charge in [-0.15, -0.1) is 0 Å². The maximum atomic E-state index is 12.2. The van der Waals surface area contributed by atoms with Gasteiger partial charge in [0.1, 0.15) is 5.82 Å². The molecule has 0 bridgehead atoms. The second-order valence-electron chi connectivity index (χ2n) is 4.08. The number of nitrogens with one attached hydrogen (secondary N) is 1. The minimum Gasteiger partial charge on any atom is -0.307 e. The Hall–Kier alpha value is -1.68. The van der Waals surface area contributed by atoms with E-state index in [-0.39, 0.29) is 5.91 Å². The van der Waals surface area contributed by atoms with Crippen molar-refractivity contribution in [2.75, 3.05) is 5.32 Å². The molecule has 0 saturated heterocycles. The quantitative estimate of drug-likeness (QED) is 0.919. The molecule has 0 radical (unpaired) electrons. The number of hydrogen-bond donors (Lipinski definition) is 1. The third-order valence-corrected chi connectivity index (χ3v) is 3.15. The number of halogens is 1. The second kappa shape index (κ2) is 5.31. The van der Waals surface area contributed by atoms with Gasteiger partial charge in [0, 0.05) is 16.2 Å². The summed E-state index contributed by atoms with van der Waals surface area (Å²) in [4.78, 5) is 16.3. The molecule has 1 heterocycles. The summed E-state index contributed by atoms with van der Waals surface area (Å²) in [5, 5.41) is 2.80. The Morgan fingerprint density at radius 2 is 1.83 bits per heavy atom. The number of aryl methyl sites for hydroxylation is 2. The van der Waals surface area contributed by atoms with Crippen LogP contribution in [0.4, 0.5) is 5.82 Å². The second-order valence-corrected chi connectivity index (χ2v) is 5.00. The van der Waals surface area contributed by atoms with E-state index in [2.05, 4.69) is 26.2 Å². The summed E-state index contributed by atoms with van der Waals surface area (Å²) >= 11 is 3.30. The molecule has 18 heavy (non-hydrogen) atoms. The number of carbonyl (C=O) groups excluding carboxylic acids is 1. The van der Waals surface area contributed by atoms with Crippen LogP contribution in [-0.4, -0.2) is 10.9 Å². The predicted molar refractivity (Wildman–Crippen MR) is 75.8 cm³/mol. The lowest BCUT2D eigenvalue weighted by Gasteiger charge is -2.09. The van der Waals surface area contributed by atoms with Crippen molar-refractivity contribution in [3.8, 4) is 0 Å². The van der Waals surface area contributed by atoms with E-state index in [1.54, 1.807) is 12.3 Å². The molecule has 1 amide bonds. The van der Waals surface area contributed by atoms with Gasteiger partial charge in [0.15, 0.2) is 0 Å². The number of hydrogen-bond acceptors (Lipinski definition) is 2. The van der Waals surface area contributed by atoms with E-state index < -0.39 is 0 Å². The van der Waals surface area contributed by atoms with Crippen molar-refractivity contribution in [1.82, 2.24) is 4.98 Å². The van der Waals surface area contributed by atoms with Crippen LogP contribution in [0.2, 0.25) is 0 Å². The highest BCUT2D eigenvalue weighted by atomic mass is 79.9. The van der Waals surface area contributed by atoms with E-state index in [4.69, 9.17) is 0 Å². The van der Waals surface area contributed by atoms with Crippen LogP contribution in [0.25, 0.3) is 0 Å². The van der Waals surface area contributed by atoms with Crippen molar-refractivity contribution in [2.45, 2.75) is 13.8 Å². The van der Waals surface area contributed by atoms with Crippen LogP contribution in [0, 0.1) is 13.8 Å². The fourth-order valence-corrected chi connectivity index (χ4v) is 2.04. The SMILES string of the molecule is Cc1cccc(C)c1C(=O)Nc1ccc(Br)cn1. The van der Waals surface area contributed by atoms with Crippen LogP contribution in [0.15, 0.2) is 41.0 Å². The fourth-order valence-electron chi connectivity index (χ4n) is 1.80. The molecule has 0 saturated carbocycles. The summed E-state index contributed by atoms with van der Waals surface area (Å²) in [6.45, 7) is 3.86. The van der Waals surface area contributed by atoms with Gasteiger partial charge >= 0.3 is 0 Å². The Balaban J connectivity index is 2.25. The van der Waals surface area contributed by atoms with Crippen LogP contribution in [-0.2, 0) is 0 Å². The summed E-state index contributed by atoms with van der Waals surface area (Å²) in [5.41, 5.74) is 2.64. The molecular formula is C14H13BrN2O. The van der Waals surface area contributed by atoms with Gasteiger partial charge < -0.3 is 5.32 Å². The minimum atomic E-state index is -0.125. The third-order valence-electron chi connectivity index (χ3n) is 2.68. The smallest absolute Gasteiger partial charge is 0.257 e. The maximum absolute atomic E-state index is 12.2. The summed E-state index contributed by atoms with van der Waals surface area (Å²) in [6.07, 6.45) is 1.65. The number of nitrogens with zero attached hydrogens (tertiary/aromatic N) is 1. The number of aromatic nitrogens is 1. The molecule has 3 nitrogen and oxygen atoms in total. The first-order valence-electron chi connectivity index (χ1n) is 5.57. The standard InChI is InChI=1S/C14H13BrN2O/c1-9-4-3-5-10(2)13(9)14(18)17-12-7-6-11(15)8-16-12/h3-8H,1-2H3,(H,16,17,18). The van der Waals surface area contributed by atoms with Gasteiger partial charge in [0.25, 0.3) is 5.91 Å². The van der Waals surface area contributed by atoms with E-state index >= 15 is 0 Å². The van der Waals surface area contributed by atoms with Gasteiger partial charge in [0.05, 0.1) is 0 Å². The Labute approximate surface area is 114 Å². The van der Waals surface area contributed by atoms with Crippen molar-refractivity contribution < 1.29 is 4.79 Å². The number of benzene rings is 1. The Kier molecular flexibility index (Phi) is 3.77. The molecule has 0 fully saturated rings. The Bertz CT molecular complexity index is 559. The molecule has 1 aromatic carbocycles. The van der Waals surface area contributed by atoms with Gasteiger partial charge in [-0.3, -0.25) is 4.79 Å². The number of rotatable bonds is 2. The normalized spacial score (nSPS) is 10.2. The number of carbonyl (C=O) groups is 1. The molecule has 4 heteroatoms. The highest BCUT2D eigenvalue weighted by Crippen LogP contribution is 2.16. The first-order valence-corrected chi connectivity index (χ1v) is 6.36. The van der Waals surface area contributed by atoms with E-state index in [9.17, 15) is 4.79 Å². The molecule has 0 unspecified atom stereocenters. The third kappa shape index (κ3) is 2.76. The first kappa shape index (κ1) is 12.8. The summed E-state index contributed by atoms with van der Waals surface area (Å²) in [5.74, 6) is 0.422. The number of pyridine rings is 1. The number of anilines is 1. The Morgan fingerprint density at radius 1 is 1.17 bits per heavy atom. The minimum absolute atomic E-state index is 0.125. The van der Waals surface area contributed by atoms with Crippen LogP contribution < -0.4 is 5.32 Å². The molecule has 0 aliphatic heterocycles. The zero-order chi connectivity index (χ0) is 13.1. The molecule has 1 aromatic heterocycles. The lowest BCUT2D eigenvalue weighted by atomic mass is 10.0. The summed E-state index contributed by atoms with van der Waals surface area (Å²) in [7, 11) is 0. The van der Waals surface area contributed by atoms with Gasteiger partial charge in [0.2, 0.25) is 0 Å². The maximum Gasteiger partial charge on any atom is 0.257 e.